The van der Waals surface area contributed by atoms with Gasteiger partial charge in [-0.15, -0.1) is 0 Å². The number of aryl methyl sites for hydroxylation is 2. The fourth-order valence-electron chi connectivity index (χ4n) is 3.85. The van der Waals surface area contributed by atoms with Gasteiger partial charge in [0, 0.05) is 41.0 Å². The van der Waals surface area contributed by atoms with Crippen LogP contribution in [-0.2, 0) is 17.8 Å². The molecule has 0 atom stereocenters. The molecule has 32 heavy (non-hydrogen) atoms. The Morgan fingerprint density at radius 2 is 1.94 bits per heavy atom. The van der Waals surface area contributed by atoms with Gasteiger partial charge in [0.1, 0.15) is 5.75 Å². The van der Waals surface area contributed by atoms with Crippen LogP contribution in [0.4, 0.5) is 0 Å². The van der Waals surface area contributed by atoms with E-state index in [0.717, 1.165) is 45.2 Å². The van der Waals surface area contributed by atoms with E-state index in [1.165, 1.54) is 0 Å². The van der Waals surface area contributed by atoms with E-state index in [4.69, 9.17) is 26.4 Å². The van der Waals surface area contributed by atoms with Gasteiger partial charge in [-0.25, -0.2) is 9.50 Å². The molecule has 0 radical (unpaired) electrons. The molecule has 0 saturated heterocycles. The fraction of sp³-hybridized carbons (Fsp3) is 0.240. The van der Waals surface area contributed by atoms with Crippen LogP contribution in [0.5, 0.6) is 5.75 Å². The van der Waals surface area contributed by atoms with Gasteiger partial charge in [0.2, 0.25) is 5.91 Å². The average Bonchev–Trinajstić information content (AvgIpc) is 3.21. The summed E-state index contributed by atoms with van der Waals surface area (Å²) >= 11 is 6.01. The quantitative estimate of drug-likeness (QED) is 0.435. The van der Waals surface area contributed by atoms with Gasteiger partial charge in [-0.05, 0) is 55.7 Å². The van der Waals surface area contributed by atoms with E-state index in [1.54, 1.807) is 7.11 Å². The molecule has 2 aromatic carbocycles. The maximum absolute atomic E-state index is 12.4. The Morgan fingerprint density at radius 3 is 2.72 bits per heavy atom. The van der Waals surface area contributed by atoms with Crippen LogP contribution >= 0.6 is 11.6 Å². The van der Waals surface area contributed by atoms with Gasteiger partial charge in [0.15, 0.2) is 5.65 Å². The summed E-state index contributed by atoms with van der Waals surface area (Å²) in [7, 11) is 1.65. The zero-order valence-electron chi connectivity index (χ0n) is 18.4. The van der Waals surface area contributed by atoms with E-state index in [1.807, 2.05) is 73.0 Å². The van der Waals surface area contributed by atoms with Crippen molar-refractivity contribution in [2.75, 3.05) is 7.11 Å². The number of para-hydroxylation sites is 1. The van der Waals surface area contributed by atoms with Crippen molar-refractivity contribution < 1.29 is 9.53 Å². The predicted molar refractivity (Wildman–Crippen MR) is 126 cm³/mol. The number of hydrogen-bond acceptors (Lipinski definition) is 4. The second kappa shape index (κ2) is 9.40. The zero-order valence-corrected chi connectivity index (χ0v) is 19.1. The van der Waals surface area contributed by atoms with Gasteiger partial charge in [-0.1, -0.05) is 35.9 Å². The van der Waals surface area contributed by atoms with Gasteiger partial charge in [0.25, 0.3) is 0 Å². The lowest BCUT2D eigenvalue weighted by Gasteiger charge is -2.11. The molecule has 164 valence electrons. The van der Waals surface area contributed by atoms with E-state index in [-0.39, 0.29) is 5.91 Å². The number of amides is 1. The zero-order chi connectivity index (χ0) is 22.7. The summed E-state index contributed by atoms with van der Waals surface area (Å²) < 4.78 is 7.32. The second-order valence-electron chi connectivity index (χ2n) is 7.67. The first-order valence-electron chi connectivity index (χ1n) is 10.5. The van der Waals surface area contributed by atoms with Gasteiger partial charge >= 0.3 is 0 Å². The first-order valence-corrected chi connectivity index (χ1v) is 10.8. The molecule has 0 aliphatic carbocycles. The minimum atomic E-state index is -0.0148. The van der Waals surface area contributed by atoms with Crippen molar-refractivity contribution >= 4 is 23.2 Å². The third kappa shape index (κ3) is 4.60. The summed E-state index contributed by atoms with van der Waals surface area (Å²) in [6, 6.07) is 17.2. The van der Waals surface area contributed by atoms with E-state index >= 15 is 0 Å². The molecule has 0 spiro atoms. The number of nitrogens with zero attached hydrogens (tertiary/aromatic N) is 3. The summed E-state index contributed by atoms with van der Waals surface area (Å²) in [5.74, 6) is 0.751. The normalized spacial score (nSPS) is 11.0. The average molecular weight is 449 g/mol. The van der Waals surface area contributed by atoms with Crippen LogP contribution in [0.25, 0.3) is 16.9 Å². The minimum Gasteiger partial charge on any atom is -0.496 e. The molecule has 0 saturated carbocycles. The molecule has 2 aromatic heterocycles. The van der Waals surface area contributed by atoms with E-state index < -0.39 is 0 Å². The molecule has 7 heteroatoms. The maximum Gasteiger partial charge on any atom is 0.220 e. The molecule has 6 nitrogen and oxygen atoms in total. The Hall–Kier alpha value is -3.38. The number of fused-ring (bicyclic) bond motifs is 1. The van der Waals surface area contributed by atoms with Crippen LogP contribution in [0, 0.1) is 13.8 Å². The van der Waals surface area contributed by atoms with Crippen molar-refractivity contribution in [2.45, 2.75) is 33.2 Å². The van der Waals surface area contributed by atoms with Gasteiger partial charge in [-0.3, -0.25) is 4.79 Å². The number of rotatable bonds is 7. The molecule has 2 heterocycles. The molecule has 0 fully saturated rings. The summed E-state index contributed by atoms with van der Waals surface area (Å²) in [6.45, 7) is 4.44. The van der Waals surface area contributed by atoms with Crippen molar-refractivity contribution in [1.82, 2.24) is 19.9 Å². The fourth-order valence-corrected chi connectivity index (χ4v) is 4.06. The van der Waals surface area contributed by atoms with Gasteiger partial charge in [0.05, 0.1) is 12.8 Å². The van der Waals surface area contributed by atoms with Crippen molar-refractivity contribution in [2.24, 2.45) is 0 Å². The Labute approximate surface area is 192 Å². The molecule has 4 rings (SSSR count). The molecule has 0 bridgehead atoms. The van der Waals surface area contributed by atoms with Crippen LogP contribution in [-0.4, -0.2) is 27.6 Å². The highest BCUT2D eigenvalue weighted by atomic mass is 35.5. The number of carbonyl (C=O) groups is 1. The molecular weight excluding hydrogens is 424 g/mol. The molecule has 1 amide bonds. The number of ether oxygens (including phenoxy) is 1. The standard InChI is InChI=1S/C25H25ClN4O2/c1-16-20(11-12-25(31)27-15-18-7-6-8-19(26)13-18)17(2)30-24(28-16)14-22(29-30)21-9-4-5-10-23(21)32-3/h4-10,13-14H,11-12,15H2,1-3H3,(H,27,31). The first-order chi connectivity index (χ1) is 15.5. The molecule has 4 aromatic rings. The lowest BCUT2D eigenvalue weighted by molar-refractivity contribution is -0.121. The van der Waals surface area contributed by atoms with E-state index in [0.29, 0.717) is 24.4 Å². The second-order valence-corrected chi connectivity index (χ2v) is 8.10. The lowest BCUT2D eigenvalue weighted by Crippen LogP contribution is -2.23. The Balaban J connectivity index is 1.51. The highest BCUT2D eigenvalue weighted by Crippen LogP contribution is 2.30. The third-order valence-electron chi connectivity index (χ3n) is 5.53. The van der Waals surface area contributed by atoms with Crippen LogP contribution in [0.3, 0.4) is 0 Å². The van der Waals surface area contributed by atoms with E-state index in [2.05, 4.69) is 5.32 Å². The summed E-state index contributed by atoms with van der Waals surface area (Å²) in [6.07, 6.45) is 0.960. The van der Waals surface area contributed by atoms with Crippen LogP contribution in [0.2, 0.25) is 5.02 Å². The van der Waals surface area contributed by atoms with Crippen molar-refractivity contribution in [3.05, 3.63) is 82.1 Å². The highest BCUT2D eigenvalue weighted by molar-refractivity contribution is 6.30. The number of halogens is 1. The first kappa shape index (κ1) is 21.8. The van der Waals surface area contributed by atoms with Crippen LogP contribution in [0.1, 0.15) is 28.9 Å². The number of hydrogen-bond donors (Lipinski definition) is 1. The summed E-state index contributed by atoms with van der Waals surface area (Å²) in [5.41, 5.74) is 6.38. The third-order valence-corrected chi connectivity index (χ3v) is 5.76. The predicted octanol–water partition coefficient (Wildman–Crippen LogP) is 4.92. The van der Waals surface area contributed by atoms with Crippen LogP contribution < -0.4 is 10.1 Å². The molecule has 1 N–H and O–H groups in total. The monoisotopic (exact) mass is 448 g/mol. The van der Waals surface area contributed by atoms with Crippen LogP contribution in [0.15, 0.2) is 54.6 Å². The number of benzene rings is 2. The molecule has 0 aliphatic heterocycles. The van der Waals surface area contributed by atoms with Gasteiger partial charge in [-0.2, -0.15) is 5.10 Å². The van der Waals surface area contributed by atoms with Crippen molar-refractivity contribution in [1.29, 1.82) is 0 Å². The molecule has 0 unspecified atom stereocenters. The van der Waals surface area contributed by atoms with Crippen molar-refractivity contribution in [3.8, 4) is 17.0 Å². The molecule has 0 aliphatic rings. The Kier molecular flexibility index (Phi) is 6.42. The SMILES string of the molecule is COc1ccccc1-c1cc2nc(C)c(CCC(=O)NCc3cccc(Cl)c3)c(C)n2n1. The molecular formula is C25H25ClN4O2. The highest BCUT2D eigenvalue weighted by Gasteiger charge is 2.16. The number of carbonyl (C=O) groups excluding carboxylic acids is 1. The summed E-state index contributed by atoms with van der Waals surface area (Å²) in [5, 5.41) is 8.38. The number of nitrogens with one attached hydrogen (secondary N) is 1. The lowest BCUT2D eigenvalue weighted by atomic mass is 10.1. The van der Waals surface area contributed by atoms with E-state index in [9.17, 15) is 4.79 Å². The Bertz CT molecular complexity index is 1280. The Morgan fingerprint density at radius 1 is 1.12 bits per heavy atom. The minimum absolute atomic E-state index is 0.0148. The smallest absolute Gasteiger partial charge is 0.220 e. The topological polar surface area (TPSA) is 68.5 Å². The van der Waals surface area contributed by atoms with Gasteiger partial charge < -0.3 is 10.1 Å². The maximum atomic E-state index is 12.4. The number of methoxy groups -OCH3 is 1. The largest absolute Gasteiger partial charge is 0.496 e. The van der Waals surface area contributed by atoms with Crippen molar-refractivity contribution in [3.63, 3.8) is 0 Å². The number of aromatic nitrogens is 3. The summed E-state index contributed by atoms with van der Waals surface area (Å²) in [4.78, 5) is 17.2.